The van der Waals surface area contributed by atoms with Crippen LogP contribution in [0.5, 0.6) is 0 Å². The number of rotatable bonds is 2. The first-order valence-electron chi connectivity index (χ1n) is 5.53. The van der Waals surface area contributed by atoms with Crippen molar-refractivity contribution in [3.05, 3.63) is 17.5 Å². The topological polar surface area (TPSA) is 105 Å². The van der Waals surface area contributed by atoms with Crippen LogP contribution >= 0.6 is 0 Å². The highest BCUT2D eigenvalue weighted by molar-refractivity contribution is 7.85. The lowest BCUT2D eigenvalue weighted by molar-refractivity contribution is 0.318. The van der Waals surface area contributed by atoms with Crippen molar-refractivity contribution in [1.82, 2.24) is 9.97 Å². The van der Waals surface area contributed by atoms with Crippen LogP contribution in [-0.4, -0.2) is 49.8 Å². The van der Waals surface area contributed by atoms with Crippen molar-refractivity contribution in [2.75, 3.05) is 29.5 Å². The molecule has 7 nitrogen and oxygen atoms in total. The van der Waals surface area contributed by atoms with Crippen molar-refractivity contribution in [3.63, 3.8) is 0 Å². The number of amidine groups is 1. The molecule has 0 spiro atoms. The number of aryl methyl sites for hydroxylation is 1. The highest BCUT2D eigenvalue weighted by atomic mass is 32.2. The van der Waals surface area contributed by atoms with Gasteiger partial charge in [-0.3, -0.25) is 4.21 Å². The summed E-state index contributed by atoms with van der Waals surface area (Å²) in [6.45, 7) is 3.14. The molecule has 0 amide bonds. The molecule has 3 N–H and O–H groups in total. The fourth-order valence-corrected chi connectivity index (χ4v) is 2.77. The Hall–Kier alpha value is -1.70. The Labute approximate surface area is 107 Å². The van der Waals surface area contributed by atoms with E-state index in [1.165, 1.54) is 0 Å². The van der Waals surface area contributed by atoms with Crippen LogP contribution in [0, 0.1) is 6.92 Å². The van der Waals surface area contributed by atoms with Gasteiger partial charge in [-0.05, 0) is 13.0 Å². The van der Waals surface area contributed by atoms with Crippen LogP contribution in [0.4, 0.5) is 5.95 Å². The van der Waals surface area contributed by atoms with Gasteiger partial charge in [-0.15, -0.1) is 0 Å². The Morgan fingerprint density at radius 3 is 2.78 bits per heavy atom. The van der Waals surface area contributed by atoms with Crippen molar-refractivity contribution < 1.29 is 9.42 Å². The van der Waals surface area contributed by atoms with E-state index in [0.29, 0.717) is 36.2 Å². The summed E-state index contributed by atoms with van der Waals surface area (Å²) in [7, 11) is -0.741. The first-order chi connectivity index (χ1) is 8.60. The lowest BCUT2D eigenvalue weighted by atomic mass is 10.3. The number of nitrogens with zero attached hydrogens (tertiary/aromatic N) is 4. The molecule has 0 atom stereocenters. The molecule has 0 unspecified atom stereocenters. The van der Waals surface area contributed by atoms with Crippen molar-refractivity contribution in [2.45, 2.75) is 6.92 Å². The van der Waals surface area contributed by atoms with Crippen LogP contribution in [-0.2, 0) is 10.8 Å². The van der Waals surface area contributed by atoms with E-state index in [4.69, 9.17) is 10.9 Å². The number of anilines is 1. The lowest BCUT2D eigenvalue weighted by Crippen LogP contribution is -2.39. The van der Waals surface area contributed by atoms with E-state index in [0.717, 1.165) is 5.69 Å². The van der Waals surface area contributed by atoms with E-state index < -0.39 is 10.8 Å². The number of hydrogen-bond acceptors (Lipinski definition) is 6. The minimum Gasteiger partial charge on any atom is -0.409 e. The van der Waals surface area contributed by atoms with Gasteiger partial charge in [-0.1, -0.05) is 5.16 Å². The molecule has 0 aliphatic carbocycles. The SMILES string of the molecule is Cc1cc(/C(N)=N/O)nc(N2CCS(=O)CC2)n1. The Morgan fingerprint density at radius 2 is 2.17 bits per heavy atom. The number of nitrogens with two attached hydrogens (primary N) is 1. The quantitative estimate of drug-likeness (QED) is 0.323. The average molecular weight is 269 g/mol. The molecule has 1 aliphatic rings. The third-order valence-electron chi connectivity index (χ3n) is 2.67. The van der Waals surface area contributed by atoms with Crippen LogP contribution in [0.3, 0.4) is 0 Å². The van der Waals surface area contributed by atoms with Gasteiger partial charge in [0.25, 0.3) is 0 Å². The minimum absolute atomic E-state index is 0.0395. The van der Waals surface area contributed by atoms with Gasteiger partial charge >= 0.3 is 0 Å². The summed E-state index contributed by atoms with van der Waals surface area (Å²) in [5.74, 6) is 1.74. The fourth-order valence-electron chi connectivity index (χ4n) is 1.71. The predicted molar refractivity (Wildman–Crippen MR) is 69.4 cm³/mol. The van der Waals surface area contributed by atoms with Gasteiger partial charge in [0.05, 0.1) is 0 Å². The normalized spacial score (nSPS) is 18.1. The highest BCUT2D eigenvalue weighted by Gasteiger charge is 2.18. The van der Waals surface area contributed by atoms with E-state index in [1.54, 1.807) is 6.07 Å². The van der Waals surface area contributed by atoms with E-state index in [1.807, 2.05) is 11.8 Å². The van der Waals surface area contributed by atoms with Crippen LogP contribution < -0.4 is 10.6 Å². The van der Waals surface area contributed by atoms with E-state index in [2.05, 4.69) is 15.1 Å². The van der Waals surface area contributed by atoms with Gasteiger partial charge in [-0.25, -0.2) is 9.97 Å². The van der Waals surface area contributed by atoms with Gasteiger partial charge in [0.2, 0.25) is 5.95 Å². The van der Waals surface area contributed by atoms with Gasteiger partial charge in [-0.2, -0.15) is 0 Å². The Bertz CT molecular complexity index is 495. The summed E-state index contributed by atoms with van der Waals surface area (Å²) in [4.78, 5) is 10.5. The van der Waals surface area contributed by atoms with E-state index in [-0.39, 0.29) is 5.84 Å². The molecule has 2 rings (SSSR count). The molecule has 1 saturated heterocycles. The Balaban J connectivity index is 2.28. The molecule has 1 aromatic heterocycles. The van der Waals surface area contributed by atoms with Crippen LogP contribution in [0.15, 0.2) is 11.2 Å². The maximum atomic E-state index is 11.3. The molecule has 8 heteroatoms. The minimum atomic E-state index is -0.741. The van der Waals surface area contributed by atoms with Gasteiger partial charge < -0.3 is 15.8 Å². The zero-order valence-corrected chi connectivity index (χ0v) is 10.9. The van der Waals surface area contributed by atoms with Crippen molar-refractivity contribution in [2.24, 2.45) is 10.9 Å². The largest absolute Gasteiger partial charge is 0.409 e. The average Bonchev–Trinajstić information content (AvgIpc) is 2.38. The molecule has 0 radical (unpaired) electrons. The smallest absolute Gasteiger partial charge is 0.226 e. The summed E-state index contributed by atoms with van der Waals surface area (Å²) >= 11 is 0. The molecule has 98 valence electrons. The van der Waals surface area contributed by atoms with Crippen molar-refractivity contribution in [3.8, 4) is 0 Å². The zero-order valence-electron chi connectivity index (χ0n) is 10.0. The van der Waals surface area contributed by atoms with Crippen molar-refractivity contribution >= 4 is 22.6 Å². The molecule has 18 heavy (non-hydrogen) atoms. The van der Waals surface area contributed by atoms with Crippen molar-refractivity contribution in [1.29, 1.82) is 0 Å². The zero-order chi connectivity index (χ0) is 13.1. The highest BCUT2D eigenvalue weighted by Crippen LogP contribution is 2.12. The van der Waals surface area contributed by atoms with Gasteiger partial charge in [0.1, 0.15) is 5.69 Å². The second-order valence-corrected chi connectivity index (χ2v) is 5.71. The molecular weight excluding hydrogens is 254 g/mol. The van der Waals surface area contributed by atoms with E-state index >= 15 is 0 Å². The molecule has 2 heterocycles. The molecule has 1 fully saturated rings. The monoisotopic (exact) mass is 269 g/mol. The van der Waals surface area contributed by atoms with Gasteiger partial charge in [0, 0.05) is 41.1 Å². The molecule has 0 saturated carbocycles. The summed E-state index contributed by atoms with van der Waals surface area (Å²) in [5, 5.41) is 11.6. The molecule has 1 aliphatic heterocycles. The molecular formula is C10H15N5O2S. The fraction of sp³-hybridized carbons (Fsp3) is 0.500. The maximum absolute atomic E-state index is 11.3. The number of aromatic nitrogens is 2. The maximum Gasteiger partial charge on any atom is 0.226 e. The summed E-state index contributed by atoms with van der Waals surface area (Å²) < 4.78 is 11.3. The van der Waals surface area contributed by atoms with E-state index in [9.17, 15) is 4.21 Å². The third kappa shape index (κ3) is 2.76. The summed E-state index contributed by atoms with van der Waals surface area (Å²) in [6, 6.07) is 1.65. The number of oxime groups is 1. The summed E-state index contributed by atoms with van der Waals surface area (Å²) in [5.41, 5.74) is 6.67. The standard InChI is InChI=1S/C10H15N5O2S/c1-7-6-8(9(11)14-16)13-10(12-7)15-2-4-18(17)5-3-15/h6,16H,2-5H2,1H3,(H2,11,14). The first kappa shape index (κ1) is 12.7. The Morgan fingerprint density at radius 1 is 1.50 bits per heavy atom. The predicted octanol–water partition coefficient (Wildman–Crippen LogP) is -0.552. The van der Waals surface area contributed by atoms with Crippen LogP contribution in [0.1, 0.15) is 11.4 Å². The molecule has 1 aromatic rings. The lowest BCUT2D eigenvalue weighted by Gasteiger charge is -2.26. The molecule has 0 aromatic carbocycles. The molecule has 0 bridgehead atoms. The first-order valence-corrected chi connectivity index (χ1v) is 7.02. The van der Waals surface area contributed by atoms with Crippen LogP contribution in [0.2, 0.25) is 0 Å². The number of hydrogen-bond donors (Lipinski definition) is 2. The van der Waals surface area contributed by atoms with Gasteiger partial charge in [0.15, 0.2) is 5.84 Å². The second-order valence-electron chi connectivity index (χ2n) is 4.01. The van der Waals surface area contributed by atoms with Crippen LogP contribution in [0.25, 0.3) is 0 Å². The third-order valence-corrected chi connectivity index (χ3v) is 3.95. The Kier molecular flexibility index (Phi) is 3.75. The summed E-state index contributed by atoms with van der Waals surface area (Å²) in [6.07, 6.45) is 0. The second kappa shape index (κ2) is 5.30.